The lowest BCUT2D eigenvalue weighted by atomic mass is 10.1. The fourth-order valence-electron chi connectivity index (χ4n) is 3.25. The Morgan fingerprint density at radius 1 is 1.15 bits per heavy atom. The van der Waals surface area contributed by atoms with Crippen molar-refractivity contribution in [2.24, 2.45) is 0 Å². The summed E-state index contributed by atoms with van der Waals surface area (Å²) < 4.78 is 43.9. The van der Waals surface area contributed by atoms with Crippen LogP contribution >= 0.6 is 0 Å². The van der Waals surface area contributed by atoms with Crippen molar-refractivity contribution in [2.45, 2.75) is 12.5 Å². The Kier molecular flexibility index (Phi) is 7.06. The molecule has 1 saturated heterocycles. The molecular formula is C23H21F2N3O5. The molecule has 8 nitrogen and oxygen atoms in total. The van der Waals surface area contributed by atoms with Gasteiger partial charge in [0.1, 0.15) is 18.4 Å². The largest absolute Gasteiger partial charge is 0.446 e. The third-order valence-corrected chi connectivity index (χ3v) is 4.88. The van der Waals surface area contributed by atoms with E-state index >= 15 is 0 Å². The van der Waals surface area contributed by atoms with E-state index in [-0.39, 0.29) is 35.9 Å². The summed E-state index contributed by atoms with van der Waals surface area (Å²) in [7, 11) is 0. The molecule has 4 rings (SSSR count). The van der Waals surface area contributed by atoms with Crippen molar-refractivity contribution in [1.29, 1.82) is 0 Å². The molecule has 10 heteroatoms. The average molecular weight is 457 g/mol. The summed E-state index contributed by atoms with van der Waals surface area (Å²) in [5.74, 6) is -1.98. The first-order valence-corrected chi connectivity index (χ1v) is 10.2. The molecule has 3 aromatic rings. The van der Waals surface area contributed by atoms with Crippen LogP contribution in [0.4, 0.5) is 19.3 Å². The van der Waals surface area contributed by atoms with E-state index in [1.807, 2.05) is 0 Å². The molecule has 0 aliphatic carbocycles. The summed E-state index contributed by atoms with van der Waals surface area (Å²) in [4.78, 5) is 24.4. The molecule has 1 aromatic heterocycles. The van der Waals surface area contributed by atoms with Crippen LogP contribution in [0, 0.1) is 11.6 Å². The maximum atomic E-state index is 13.6. The summed E-state index contributed by atoms with van der Waals surface area (Å²) in [5, 5.41) is 6.89. The first-order valence-electron chi connectivity index (χ1n) is 10.2. The predicted octanol–water partition coefficient (Wildman–Crippen LogP) is 3.07. The second-order valence-corrected chi connectivity index (χ2v) is 7.34. The number of amides is 1. The zero-order valence-corrected chi connectivity index (χ0v) is 17.5. The number of aromatic nitrogens is 2. The van der Waals surface area contributed by atoms with Gasteiger partial charge in [-0.15, -0.1) is 0 Å². The van der Waals surface area contributed by atoms with Crippen molar-refractivity contribution in [2.75, 3.05) is 31.7 Å². The van der Waals surface area contributed by atoms with Crippen molar-refractivity contribution < 1.29 is 27.8 Å². The normalized spacial score (nSPS) is 15.8. The zero-order valence-electron chi connectivity index (χ0n) is 17.5. The van der Waals surface area contributed by atoms with E-state index in [1.165, 1.54) is 23.0 Å². The molecule has 2 aromatic carbocycles. The smallest absolute Gasteiger partial charge is 0.411 e. The number of nitrogens with zero attached hydrogens (tertiary/aromatic N) is 2. The number of benzene rings is 2. The van der Waals surface area contributed by atoms with Crippen molar-refractivity contribution in [3.63, 3.8) is 0 Å². The summed E-state index contributed by atoms with van der Waals surface area (Å²) in [6, 6.07) is 11.5. The molecule has 1 atom stereocenters. The van der Waals surface area contributed by atoms with Crippen LogP contribution in [0.1, 0.15) is 11.3 Å². The zero-order chi connectivity index (χ0) is 23.2. The van der Waals surface area contributed by atoms with Crippen LogP contribution in [0.5, 0.6) is 0 Å². The molecule has 1 fully saturated rings. The van der Waals surface area contributed by atoms with Crippen LogP contribution < -0.4 is 10.7 Å². The van der Waals surface area contributed by atoms with Crippen LogP contribution in [-0.4, -0.2) is 48.4 Å². The summed E-state index contributed by atoms with van der Waals surface area (Å²) in [6.07, 6.45) is 0.617. The van der Waals surface area contributed by atoms with E-state index in [4.69, 9.17) is 14.2 Å². The number of halogens is 2. The Balaban J connectivity index is 1.43. The Labute approximate surface area is 187 Å². The lowest BCUT2D eigenvalue weighted by Crippen LogP contribution is -2.33. The molecule has 33 heavy (non-hydrogen) atoms. The van der Waals surface area contributed by atoms with Gasteiger partial charge in [0.05, 0.1) is 25.5 Å². The van der Waals surface area contributed by atoms with E-state index in [2.05, 4.69) is 10.4 Å². The first kappa shape index (κ1) is 22.6. The highest BCUT2D eigenvalue weighted by molar-refractivity contribution is 5.84. The molecule has 0 saturated carbocycles. The quantitative estimate of drug-likeness (QED) is 0.612. The number of hydrogen-bond acceptors (Lipinski definition) is 6. The number of hydrogen-bond donors (Lipinski definition) is 1. The molecule has 1 aliphatic heterocycles. The molecule has 2 heterocycles. The lowest BCUT2D eigenvalue weighted by molar-refractivity contribution is -0.105. The summed E-state index contributed by atoms with van der Waals surface area (Å²) in [6.45, 7) is 1.43. The van der Waals surface area contributed by atoms with Crippen molar-refractivity contribution in [3.05, 3.63) is 87.8 Å². The fourth-order valence-corrected chi connectivity index (χ4v) is 3.25. The molecule has 1 N–H and O–H groups in total. The van der Waals surface area contributed by atoms with Gasteiger partial charge in [-0.05, 0) is 29.8 Å². The number of anilines is 1. The maximum Gasteiger partial charge on any atom is 0.411 e. The van der Waals surface area contributed by atoms with Crippen molar-refractivity contribution >= 4 is 11.8 Å². The minimum Gasteiger partial charge on any atom is -0.446 e. The molecule has 1 aliphatic rings. The second-order valence-electron chi connectivity index (χ2n) is 7.34. The molecule has 1 amide bonds. The van der Waals surface area contributed by atoms with Crippen LogP contribution in [0.15, 0.2) is 59.5 Å². The number of ether oxygens (including phenoxy) is 3. The average Bonchev–Trinajstić information content (AvgIpc) is 2.82. The van der Waals surface area contributed by atoms with Gasteiger partial charge in [-0.25, -0.2) is 18.3 Å². The number of rotatable bonds is 6. The molecule has 172 valence electrons. The highest BCUT2D eigenvalue weighted by Gasteiger charge is 2.16. The van der Waals surface area contributed by atoms with Gasteiger partial charge in [-0.3, -0.25) is 10.1 Å². The summed E-state index contributed by atoms with van der Waals surface area (Å²) in [5.41, 5.74) is 1.37. The Morgan fingerprint density at radius 2 is 2.03 bits per heavy atom. The van der Waals surface area contributed by atoms with E-state index in [9.17, 15) is 18.4 Å². The van der Waals surface area contributed by atoms with Crippen LogP contribution in [0.25, 0.3) is 5.69 Å². The van der Waals surface area contributed by atoms with E-state index in [0.717, 1.165) is 12.1 Å². The second kappa shape index (κ2) is 10.3. The fraction of sp³-hybridized carbons (Fsp3) is 0.261. The van der Waals surface area contributed by atoms with Gasteiger partial charge in [-0.1, -0.05) is 12.1 Å². The van der Waals surface area contributed by atoms with E-state index in [1.54, 1.807) is 24.3 Å². The topological polar surface area (TPSA) is 91.7 Å². The van der Waals surface area contributed by atoms with Crippen molar-refractivity contribution in [3.8, 4) is 5.69 Å². The number of nitrogens with one attached hydrogen (secondary N) is 1. The van der Waals surface area contributed by atoms with Crippen LogP contribution in [0.2, 0.25) is 0 Å². The molecule has 0 bridgehead atoms. The lowest BCUT2D eigenvalue weighted by Gasteiger charge is -2.22. The van der Waals surface area contributed by atoms with Crippen LogP contribution in [0.3, 0.4) is 0 Å². The monoisotopic (exact) mass is 457 g/mol. The van der Waals surface area contributed by atoms with Gasteiger partial charge < -0.3 is 14.2 Å². The van der Waals surface area contributed by atoms with Gasteiger partial charge in [0.2, 0.25) is 5.43 Å². The minimum atomic E-state index is -1.01. The Hall–Kier alpha value is -3.63. The number of carbonyl (C=O) groups excluding carboxylic acids is 1. The SMILES string of the molecule is O=C(Nc1cccc(Cc2nn(-c3ccc(F)c(F)c3)ccc2=O)c1)OCC1COCCO1. The molecule has 0 radical (unpaired) electrons. The first-order chi connectivity index (χ1) is 16.0. The van der Waals surface area contributed by atoms with E-state index < -0.39 is 17.7 Å². The van der Waals surface area contributed by atoms with Gasteiger partial charge in [0, 0.05) is 30.4 Å². The van der Waals surface area contributed by atoms with Gasteiger partial charge in [-0.2, -0.15) is 5.10 Å². The Bertz CT molecular complexity index is 1190. The van der Waals surface area contributed by atoms with Crippen molar-refractivity contribution in [1.82, 2.24) is 9.78 Å². The Morgan fingerprint density at radius 3 is 2.82 bits per heavy atom. The molecule has 1 unspecified atom stereocenters. The van der Waals surface area contributed by atoms with Crippen LogP contribution in [-0.2, 0) is 20.6 Å². The van der Waals surface area contributed by atoms with Gasteiger partial charge in [0.25, 0.3) is 0 Å². The third kappa shape index (κ3) is 5.99. The minimum absolute atomic E-state index is 0.0724. The molecular weight excluding hydrogens is 436 g/mol. The third-order valence-electron chi connectivity index (χ3n) is 4.88. The predicted molar refractivity (Wildman–Crippen MR) is 115 cm³/mol. The maximum absolute atomic E-state index is 13.6. The summed E-state index contributed by atoms with van der Waals surface area (Å²) >= 11 is 0. The standard InChI is InChI=1S/C23H21F2N3O5/c24-19-5-4-17(12-20(19)25)28-7-6-22(29)21(27-28)11-15-2-1-3-16(10-15)26-23(30)33-14-18-13-31-8-9-32-18/h1-7,10,12,18H,8-9,11,13-14H2,(H,26,30). The van der Waals surface area contributed by atoms with Gasteiger partial charge in [0.15, 0.2) is 11.6 Å². The number of carbonyl (C=O) groups is 1. The highest BCUT2D eigenvalue weighted by atomic mass is 19.2. The molecule has 0 spiro atoms. The van der Waals surface area contributed by atoms with E-state index in [0.29, 0.717) is 31.1 Å². The highest BCUT2D eigenvalue weighted by Crippen LogP contribution is 2.15. The van der Waals surface area contributed by atoms with Gasteiger partial charge >= 0.3 is 6.09 Å².